The van der Waals surface area contributed by atoms with Gasteiger partial charge in [0, 0.05) is 24.2 Å². The second-order valence-electron chi connectivity index (χ2n) is 5.08. The molecular formula is C14H21N3O2. The Morgan fingerprint density at radius 1 is 1.37 bits per heavy atom. The fourth-order valence-electron chi connectivity index (χ4n) is 2.83. The third kappa shape index (κ3) is 3.52. The van der Waals surface area contributed by atoms with Gasteiger partial charge < -0.3 is 5.73 Å². The van der Waals surface area contributed by atoms with Crippen LogP contribution in [0.3, 0.4) is 0 Å². The van der Waals surface area contributed by atoms with Gasteiger partial charge in [-0.3, -0.25) is 15.0 Å². The van der Waals surface area contributed by atoms with E-state index < -0.39 is 0 Å². The Hall–Kier alpha value is -1.46. The first kappa shape index (κ1) is 14.0. The summed E-state index contributed by atoms with van der Waals surface area (Å²) in [6.07, 6.45) is 4.53. The summed E-state index contributed by atoms with van der Waals surface area (Å²) < 4.78 is 0. The van der Waals surface area contributed by atoms with Gasteiger partial charge in [0.15, 0.2) is 0 Å². The van der Waals surface area contributed by atoms with E-state index in [-0.39, 0.29) is 10.6 Å². The normalized spacial score (nSPS) is 20.4. The van der Waals surface area contributed by atoms with E-state index in [0.717, 1.165) is 24.9 Å². The first-order chi connectivity index (χ1) is 9.22. The Balaban J connectivity index is 2.12. The van der Waals surface area contributed by atoms with Crippen LogP contribution in [0.2, 0.25) is 0 Å². The zero-order valence-corrected chi connectivity index (χ0v) is 11.1. The van der Waals surface area contributed by atoms with Gasteiger partial charge >= 0.3 is 0 Å². The number of nitrogens with zero attached hydrogens (tertiary/aromatic N) is 2. The molecule has 1 heterocycles. The highest BCUT2D eigenvalue weighted by Crippen LogP contribution is 2.25. The van der Waals surface area contributed by atoms with Crippen molar-refractivity contribution < 1.29 is 4.92 Å². The highest BCUT2D eigenvalue weighted by atomic mass is 16.6. The number of piperidine rings is 1. The summed E-state index contributed by atoms with van der Waals surface area (Å²) in [5.41, 5.74) is 6.68. The summed E-state index contributed by atoms with van der Waals surface area (Å²) in [5.74, 6) is 0. The zero-order valence-electron chi connectivity index (χ0n) is 11.1. The summed E-state index contributed by atoms with van der Waals surface area (Å²) in [7, 11) is 0. The Morgan fingerprint density at radius 3 is 2.89 bits per heavy atom. The van der Waals surface area contributed by atoms with Crippen molar-refractivity contribution in [3.8, 4) is 0 Å². The molecule has 0 saturated carbocycles. The van der Waals surface area contributed by atoms with E-state index >= 15 is 0 Å². The van der Waals surface area contributed by atoms with Gasteiger partial charge in [0.05, 0.1) is 4.92 Å². The largest absolute Gasteiger partial charge is 0.330 e. The first-order valence-corrected chi connectivity index (χ1v) is 6.89. The molecule has 1 unspecified atom stereocenters. The number of rotatable bonds is 5. The fraction of sp³-hybridized carbons (Fsp3) is 0.571. The minimum atomic E-state index is -0.294. The standard InChI is InChI=1S/C14H21N3O2/c15-9-8-13-6-3-4-10-16(13)11-12-5-1-2-7-14(12)17(18)19/h1-2,5,7,13H,3-4,6,8-11,15H2. The second kappa shape index (κ2) is 6.63. The smallest absolute Gasteiger partial charge is 0.273 e. The molecule has 0 spiro atoms. The van der Waals surface area contributed by atoms with E-state index in [1.54, 1.807) is 12.1 Å². The number of benzene rings is 1. The molecular weight excluding hydrogens is 242 g/mol. The van der Waals surface area contributed by atoms with Crippen molar-refractivity contribution in [1.82, 2.24) is 4.90 Å². The van der Waals surface area contributed by atoms with Gasteiger partial charge in [0.2, 0.25) is 0 Å². The predicted molar refractivity (Wildman–Crippen MR) is 74.8 cm³/mol. The quantitative estimate of drug-likeness (QED) is 0.653. The van der Waals surface area contributed by atoms with Crippen molar-refractivity contribution in [2.24, 2.45) is 5.73 Å². The van der Waals surface area contributed by atoms with E-state index in [9.17, 15) is 10.1 Å². The number of nitrogens with two attached hydrogens (primary N) is 1. The molecule has 2 rings (SSSR count). The number of nitro groups is 1. The molecule has 1 aliphatic heterocycles. The summed E-state index contributed by atoms with van der Waals surface area (Å²) in [6.45, 7) is 2.34. The SMILES string of the molecule is NCCC1CCCCN1Cc1ccccc1[N+](=O)[O-]. The van der Waals surface area contributed by atoms with Crippen LogP contribution in [0.25, 0.3) is 0 Å². The predicted octanol–water partition coefficient (Wildman–Crippen LogP) is 2.30. The molecule has 0 bridgehead atoms. The van der Waals surface area contributed by atoms with Crippen LogP contribution in [-0.4, -0.2) is 29.0 Å². The van der Waals surface area contributed by atoms with Crippen molar-refractivity contribution in [1.29, 1.82) is 0 Å². The summed E-state index contributed by atoms with van der Waals surface area (Å²) in [4.78, 5) is 13.1. The average Bonchev–Trinajstić information content (AvgIpc) is 2.42. The maximum atomic E-state index is 11.0. The molecule has 0 radical (unpaired) electrons. The molecule has 0 amide bonds. The van der Waals surface area contributed by atoms with Crippen LogP contribution in [0.15, 0.2) is 24.3 Å². The van der Waals surface area contributed by atoms with Crippen molar-refractivity contribution in [3.63, 3.8) is 0 Å². The minimum absolute atomic E-state index is 0.222. The summed E-state index contributed by atoms with van der Waals surface area (Å²) in [5, 5.41) is 11.0. The second-order valence-corrected chi connectivity index (χ2v) is 5.08. The maximum Gasteiger partial charge on any atom is 0.273 e. The van der Waals surface area contributed by atoms with E-state index in [1.807, 2.05) is 12.1 Å². The fourth-order valence-corrected chi connectivity index (χ4v) is 2.83. The molecule has 1 saturated heterocycles. The molecule has 1 fully saturated rings. The van der Waals surface area contributed by atoms with Crippen LogP contribution in [0.4, 0.5) is 5.69 Å². The highest BCUT2D eigenvalue weighted by Gasteiger charge is 2.24. The van der Waals surface area contributed by atoms with Crippen molar-refractivity contribution >= 4 is 5.69 Å². The Morgan fingerprint density at radius 2 is 2.16 bits per heavy atom. The van der Waals surface area contributed by atoms with E-state index in [1.165, 1.54) is 12.8 Å². The van der Waals surface area contributed by atoms with Gasteiger partial charge in [-0.05, 0) is 32.4 Å². The van der Waals surface area contributed by atoms with Crippen molar-refractivity contribution in [2.75, 3.05) is 13.1 Å². The molecule has 1 aliphatic rings. The van der Waals surface area contributed by atoms with E-state index in [0.29, 0.717) is 19.1 Å². The zero-order chi connectivity index (χ0) is 13.7. The highest BCUT2D eigenvalue weighted by molar-refractivity contribution is 5.39. The topological polar surface area (TPSA) is 72.4 Å². The van der Waals surface area contributed by atoms with Crippen LogP contribution < -0.4 is 5.73 Å². The van der Waals surface area contributed by atoms with Crippen LogP contribution in [-0.2, 0) is 6.54 Å². The third-order valence-electron chi connectivity index (χ3n) is 3.81. The lowest BCUT2D eigenvalue weighted by atomic mass is 9.98. The van der Waals surface area contributed by atoms with Gasteiger partial charge in [-0.2, -0.15) is 0 Å². The third-order valence-corrected chi connectivity index (χ3v) is 3.81. The monoisotopic (exact) mass is 263 g/mol. The number of nitro benzene ring substituents is 1. The average molecular weight is 263 g/mol. The molecule has 1 atom stereocenters. The number of hydrogen-bond acceptors (Lipinski definition) is 4. The molecule has 1 aromatic rings. The number of para-hydroxylation sites is 1. The van der Waals surface area contributed by atoms with Gasteiger partial charge in [-0.1, -0.05) is 24.6 Å². The maximum absolute atomic E-state index is 11.0. The molecule has 19 heavy (non-hydrogen) atoms. The van der Waals surface area contributed by atoms with Crippen molar-refractivity contribution in [3.05, 3.63) is 39.9 Å². The van der Waals surface area contributed by atoms with Crippen LogP contribution in [0, 0.1) is 10.1 Å². The Kier molecular flexibility index (Phi) is 4.87. The van der Waals surface area contributed by atoms with Crippen LogP contribution >= 0.6 is 0 Å². The lowest BCUT2D eigenvalue weighted by Crippen LogP contribution is -2.40. The minimum Gasteiger partial charge on any atom is -0.330 e. The molecule has 104 valence electrons. The van der Waals surface area contributed by atoms with Crippen LogP contribution in [0.5, 0.6) is 0 Å². The Labute approximate surface area is 113 Å². The number of hydrogen-bond donors (Lipinski definition) is 1. The summed E-state index contributed by atoms with van der Waals surface area (Å²) in [6, 6.07) is 7.49. The molecule has 5 nitrogen and oxygen atoms in total. The van der Waals surface area contributed by atoms with Crippen LogP contribution in [0.1, 0.15) is 31.2 Å². The van der Waals surface area contributed by atoms with E-state index in [2.05, 4.69) is 4.90 Å². The van der Waals surface area contributed by atoms with Gasteiger partial charge in [0.1, 0.15) is 0 Å². The van der Waals surface area contributed by atoms with E-state index in [4.69, 9.17) is 5.73 Å². The molecule has 1 aromatic carbocycles. The van der Waals surface area contributed by atoms with Gasteiger partial charge in [0.25, 0.3) is 5.69 Å². The lowest BCUT2D eigenvalue weighted by Gasteiger charge is -2.35. The van der Waals surface area contributed by atoms with Crippen molar-refractivity contribution in [2.45, 2.75) is 38.3 Å². The molecule has 0 aromatic heterocycles. The molecule has 0 aliphatic carbocycles. The lowest BCUT2D eigenvalue weighted by molar-refractivity contribution is -0.385. The Bertz CT molecular complexity index is 434. The molecule has 5 heteroatoms. The van der Waals surface area contributed by atoms with Gasteiger partial charge in [-0.25, -0.2) is 0 Å². The number of likely N-dealkylation sites (tertiary alicyclic amines) is 1. The summed E-state index contributed by atoms with van der Waals surface area (Å²) >= 11 is 0. The molecule has 2 N–H and O–H groups in total. The first-order valence-electron chi connectivity index (χ1n) is 6.89. The van der Waals surface area contributed by atoms with Gasteiger partial charge in [-0.15, -0.1) is 0 Å².